The normalized spacial score (nSPS) is 14.6. The first-order chi connectivity index (χ1) is 20.5. The molecule has 0 radical (unpaired) electrons. The summed E-state index contributed by atoms with van der Waals surface area (Å²) in [6.07, 6.45) is 0.649. The van der Waals surface area contributed by atoms with E-state index in [4.69, 9.17) is 14.5 Å². The first-order valence-electron chi connectivity index (χ1n) is 14.3. The van der Waals surface area contributed by atoms with E-state index in [1.807, 2.05) is 45.9 Å². The number of hydrogen-bond acceptors (Lipinski definition) is 9. The molecule has 3 N–H and O–H groups in total. The molecule has 0 atom stereocenters. The van der Waals surface area contributed by atoms with Gasteiger partial charge < -0.3 is 19.9 Å². The number of carbonyl (C=O) groups is 1. The highest BCUT2D eigenvalue weighted by Crippen LogP contribution is 2.37. The fourth-order valence-corrected chi connectivity index (χ4v) is 5.79. The highest BCUT2D eigenvalue weighted by Gasteiger charge is 2.29. The number of ether oxygens (including phenoxy) is 2. The number of aliphatic hydroxyl groups excluding tert-OH is 1. The molecular formula is C31H39N7O5. The van der Waals surface area contributed by atoms with E-state index < -0.39 is 5.91 Å². The van der Waals surface area contributed by atoms with Crippen LogP contribution in [0.4, 0.5) is 5.69 Å². The van der Waals surface area contributed by atoms with Crippen LogP contribution in [0.5, 0.6) is 11.5 Å². The molecule has 0 unspecified atom stereocenters. The third-order valence-corrected chi connectivity index (χ3v) is 7.73. The lowest BCUT2D eigenvalue weighted by Gasteiger charge is -2.25. The minimum atomic E-state index is -0.467. The fraction of sp³-hybridized carbons (Fsp3) is 0.387. The van der Waals surface area contributed by atoms with Crippen LogP contribution >= 0.6 is 0 Å². The number of nitrogens with one attached hydrogen (secondary N) is 2. The van der Waals surface area contributed by atoms with Crippen molar-refractivity contribution < 1.29 is 19.4 Å². The molecule has 3 aromatic rings. The molecule has 1 amide bonds. The number of aromatic nitrogens is 2. The molecule has 2 aliphatic rings. The van der Waals surface area contributed by atoms with Crippen molar-refractivity contribution >= 4 is 11.6 Å². The number of amides is 1. The van der Waals surface area contributed by atoms with Crippen LogP contribution in [-0.2, 0) is 24.3 Å². The van der Waals surface area contributed by atoms with E-state index in [0.717, 1.165) is 39.2 Å². The standard InChI is InChI=1S/C31H39N7O5/c1-8-43-25-15-21-9-11-37-23(22(21)16-24(25)42-7)17-26(33-27-19(3)13-18(2)14-20(27)4)38(31(37)41)12-10-32-29(39)28-30(40)36(6)34-35(28)5/h13-17,34,40H,8-12H2,1-7H3,(H,32,39). The molecule has 12 nitrogen and oxygen atoms in total. The Morgan fingerprint density at radius 1 is 1.07 bits per heavy atom. The van der Waals surface area contributed by atoms with Crippen LogP contribution in [0.3, 0.4) is 0 Å². The second-order valence-electron chi connectivity index (χ2n) is 10.8. The van der Waals surface area contributed by atoms with Crippen molar-refractivity contribution in [3.63, 3.8) is 0 Å². The zero-order chi connectivity index (χ0) is 31.0. The number of nitrogens with zero attached hydrogens (tertiary/aromatic N) is 5. The van der Waals surface area contributed by atoms with Crippen LogP contribution in [0.2, 0.25) is 0 Å². The number of carbonyl (C=O) groups excluding carboxylic acids is 1. The van der Waals surface area contributed by atoms with Gasteiger partial charge >= 0.3 is 5.69 Å². The summed E-state index contributed by atoms with van der Waals surface area (Å²) in [5.74, 6) is 0.612. The van der Waals surface area contributed by atoms with Gasteiger partial charge in [-0.05, 0) is 62.9 Å². The van der Waals surface area contributed by atoms with Crippen LogP contribution < -0.4 is 31.5 Å². The van der Waals surface area contributed by atoms with Gasteiger partial charge in [-0.15, -0.1) is 5.53 Å². The molecule has 2 aromatic carbocycles. The number of fused-ring (bicyclic) bond motifs is 3. The molecule has 12 heteroatoms. The lowest BCUT2D eigenvalue weighted by Crippen LogP contribution is -2.45. The number of benzene rings is 2. The molecule has 228 valence electrons. The number of aliphatic hydroxyl groups is 1. The van der Waals surface area contributed by atoms with E-state index >= 15 is 0 Å². The van der Waals surface area contributed by atoms with E-state index in [2.05, 4.69) is 23.0 Å². The summed E-state index contributed by atoms with van der Waals surface area (Å²) in [5, 5.41) is 15.9. The van der Waals surface area contributed by atoms with Gasteiger partial charge in [0.2, 0.25) is 5.88 Å². The lowest BCUT2D eigenvalue weighted by molar-refractivity contribution is -0.119. The maximum absolute atomic E-state index is 14.1. The van der Waals surface area contributed by atoms with E-state index in [0.29, 0.717) is 36.6 Å². The summed E-state index contributed by atoms with van der Waals surface area (Å²) in [4.78, 5) is 32.0. The molecule has 0 fully saturated rings. The summed E-state index contributed by atoms with van der Waals surface area (Å²) in [6.45, 7) is 9.30. The van der Waals surface area contributed by atoms with Crippen LogP contribution in [0, 0.1) is 20.8 Å². The highest BCUT2D eigenvalue weighted by atomic mass is 16.5. The largest absolute Gasteiger partial charge is 0.493 e. The summed E-state index contributed by atoms with van der Waals surface area (Å²) in [7, 11) is 4.83. The minimum Gasteiger partial charge on any atom is -0.493 e. The Hall–Kier alpha value is -4.71. The van der Waals surface area contributed by atoms with Crippen molar-refractivity contribution in [3.8, 4) is 22.8 Å². The van der Waals surface area contributed by atoms with Crippen LogP contribution in [0.25, 0.3) is 11.3 Å². The zero-order valence-electron chi connectivity index (χ0n) is 25.7. The summed E-state index contributed by atoms with van der Waals surface area (Å²) >= 11 is 0. The Morgan fingerprint density at radius 2 is 1.79 bits per heavy atom. The average Bonchev–Trinajstić information content (AvgIpc) is 3.22. The van der Waals surface area contributed by atoms with Gasteiger partial charge in [0.1, 0.15) is 5.49 Å². The fourth-order valence-electron chi connectivity index (χ4n) is 5.79. The number of hydrazine groups is 2. The van der Waals surface area contributed by atoms with Crippen molar-refractivity contribution in [2.75, 3.05) is 34.4 Å². The topological polar surface area (TPSA) is 126 Å². The maximum Gasteiger partial charge on any atom is 0.330 e. The molecule has 1 aromatic heterocycles. The molecule has 0 aliphatic carbocycles. The smallest absolute Gasteiger partial charge is 0.330 e. The van der Waals surface area contributed by atoms with Crippen LogP contribution in [-0.4, -0.2) is 64.5 Å². The van der Waals surface area contributed by atoms with Gasteiger partial charge in [-0.2, -0.15) is 0 Å². The van der Waals surface area contributed by atoms with Crippen molar-refractivity contribution in [1.82, 2.24) is 30.0 Å². The van der Waals surface area contributed by atoms with Gasteiger partial charge in [0.05, 0.1) is 25.1 Å². The van der Waals surface area contributed by atoms with Crippen molar-refractivity contribution in [2.24, 2.45) is 4.99 Å². The molecule has 0 bridgehead atoms. The quantitative estimate of drug-likeness (QED) is 0.366. The zero-order valence-corrected chi connectivity index (χ0v) is 25.7. The highest BCUT2D eigenvalue weighted by molar-refractivity contribution is 5.93. The predicted molar refractivity (Wildman–Crippen MR) is 163 cm³/mol. The Bertz CT molecular complexity index is 1730. The number of methoxy groups -OCH3 is 1. The third-order valence-electron chi connectivity index (χ3n) is 7.73. The first-order valence-corrected chi connectivity index (χ1v) is 14.3. The Kier molecular flexibility index (Phi) is 8.23. The molecule has 3 heterocycles. The van der Waals surface area contributed by atoms with Crippen molar-refractivity contribution in [1.29, 1.82) is 0 Å². The summed E-state index contributed by atoms with van der Waals surface area (Å²) in [6, 6.07) is 9.98. The molecule has 0 saturated carbocycles. The maximum atomic E-state index is 14.1. The summed E-state index contributed by atoms with van der Waals surface area (Å²) < 4.78 is 14.8. The first kappa shape index (κ1) is 29.8. The number of hydrogen-bond donors (Lipinski definition) is 3. The third kappa shape index (κ3) is 5.57. The average molecular weight is 590 g/mol. The predicted octanol–water partition coefficient (Wildman–Crippen LogP) is 2.58. The van der Waals surface area contributed by atoms with Gasteiger partial charge in [-0.25, -0.2) is 9.79 Å². The van der Waals surface area contributed by atoms with Crippen LogP contribution in [0.15, 0.2) is 51.7 Å². The minimum absolute atomic E-state index is 0.0856. The number of rotatable bonds is 8. The second-order valence-corrected chi connectivity index (χ2v) is 10.8. The Balaban J connectivity index is 1.61. The van der Waals surface area contributed by atoms with Gasteiger partial charge in [0.25, 0.3) is 5.91 Å². The van der Waals surface area contributed by atoms with E-state index in [1.54, 1.807) is 30.3 Å². The van der Waals surface area contributed by atoms with Gasteiger partial charge in [-0.1, -0.05) is 17.7 Å². The van der Waals surface area contributed by atoms with Crippen molar-refractivity contribution in [3.05, 3.63) is 80.1 Å². The Morgan fingerprint density at radius 3 is 2.42 bits per heavy atom. The van der Waals surface area contributed by atoms with E-state index in [-0.39, 0.29) is 30.4 Å². The molecule has 0 saturated heterocycles. The van der Waals surface area contributed by atoms with Gasteiger partial charge in [-0.3, -0.25) is 23.9 Å². The van der Waals surface area contributed by atoms with E-state index in [9.17, 15) is 14.7 Å². The molecule has 2 aliphatic heterocycles. The van der Waals surface area contributed by atoms with Gasteiger partial charge in [0.15, 0.2) is 17.2 Å². The number of aryl methyl sites for hydroxylation is 4. The second kappa shape index (κ2) is 11.9. The molecule has 5 rings (SSSR count). The summed E-state index contributed by atoms with van der Waals surface area (Å²) in [5.41, 5.74) is 9.78. The van der Waals surface area contributed by atoms with Gasteiger partial charge in [0, 0.05) is 45.4 Å². The molecular weight excluding hydrogens is 550 g/mol. The lowest BCUT2D eigenvalue weighted by atomic mass is 9.97. The monoisotopic (exact) mass is 589 g/mol. The Labute approximate surface area is 250 Å². The molecule has 43 heavy (non-hydrogen) atoms. The number of likely N-dealkylation sites (N-methyl/N-ethyl adjacent to an activating group) is 1. The van der Waals surface area contributed by atoms with Crippen molar-refractivity contribution in [2.45, 2.75) is 47.2 Å². The SMILES string of the molecule is CCOc1cc2c(cc1OC)-c1cc(=Nc3c(C)cc(C)cc3C)n(CCNC(=O)C3=C(O)N(C)NN3C)c(=O)n1CC2. The van der Waals surface area contributed by atoms with E-state index in [1.165, 1.54) is 10.0 Å². The molecule has 0 spiro atoms. The van der Waals surface area contributed by atoms with Crippen LogP contribution in [0.1, 0.15) is 29.2 Å².